The van der Waals surface area contributed by atoms with Crippen molar-refractivity contribution in [2.45, 2.75) is 107 Å². The topological polar surface area (TPSA) is 199 Å². The third kappa shape index (κ3) is 8.02. The van der Waals surface area contributed by atoms with E-state index in [0.717, 1.165) is 42.9 Å². The second-order valence-electron chi connectivity index (χ2n) is 15.1. The average Bonchev–Trinajstić information content (AvgIpc) is 3.75. The summed E-state index contributed by atoms with van der Waals surface area (Å²) in [5.41, 5.74) is 3.37. The molecule has 14 nitrogen and oxygen atoms in total. The molecule has 0 spiro atoms. The summed E-state index contributed by atoms with van der Waals surface area (Å²) in [6.45, 7) is 3.70. The monoisotopic (exact) mass is 715 g/mol. The molecule has 2 aromatic carbocycles. The molecule has 1 aromatic heterocycles. The number of primary amides is 1. The maximum atomic E-state index is 14.9. The van der Waals surface area contributed by atoms with Crippen LogP contribution in [-0.2, 0) is 29.5 Å². The van der Waals surface area contributed by atoms with Gasteiger partial charge in [0.15, 0.2) is 0 Å². The molecular weight excluding hydrogens is 666 g/mol. The smallest absolute Gasteiger partial charge is 0.287 e. The Bertz CT molecular complexity index is 1800. The highest BCUT2D eigenvalue weighted by Gasteiger charge is 2.49. The zero-order chi connectivity index (χ0) is 37.0. The summed E-state index contributed by atoms with van der Waals surface area (Å²) in [5.74, 6) is -3.36. The minimum absolute atomic E-state index is 0.0241. The lowest BCUT2D eigenvalue weighted by Gasteiger charge is -2.35. The summed E-state index contributed by atoms with van der Waals surface area (Å²) in [4.78, 5) is 70.1. The van der Waals surface area contributed by atoms with Crippen LogP contribution >= 0.6 is 0 Å². The van der Waals surface area contributed by atoms with Crippen LogP contribution < -0.4 is 16.4 Å². The number of nitrogens with two attached hydrogens (primary N) is 1. The minimum atomic E-state index is -1.59. The molecule has 1 aliphatic carbocycles. The van der Waals surface area contributed by atoms with Gasteiger partial charge in [0.25, 0.3) is 11.8 Å². The molecule has 0 radical (unpaired) electrons. The summed E-state index contributed by atoms with van der Waals surface area (Å²) in [6, 6.07) is 10.5. The number of hydrogen-bond acceptors (Lipinski definition) is 9. The van der Waals surface area contributed by atoms with E-state index < -0.39 is 58.7 Å². The van der Waals surface area contributed by atoms with Crippen molar-refractivity contribution in [2.24, 2.45) is 11.7 Å². The lowest BCUT2D eigenvalue weighted by atomic mass is 9.84. The van der Waals surface area contributed by atoms with Crippen LogP contribution in [0.2, 0.25) is 0 Å². The summed E-state index contributed by atoms with van der Waals surface area (Å²) in [5, 5.41) is 26.9. The van der Waals surface area contributed by atoms with E-state index in [1.165, 1.54) is 15.8 Å². The molecule has 4 amide bonds. The van der Waals surface area contributed by atoms with Crippen molar-refractivity contribution < 1.29 is 33.8 Å². The van der Waals surface area contributed by atoms with Gasteiger partial charge in [0.2, 0.25) is 17.6 Å². The lowest BCUT2D eigenvalue weighted by Crippen LogP contribution is -2.62. The van der Waals surface area contributed by atoms with Crippen molar-refractivity contribution in [2.75, 3.05) is 19.8 Å². The van der Waals surface area contributed by atoms with Gasteiger partial charge in [-0.05, 0) is 61.9 Å². The van der Waals surface area contributed by atoms with E-state index in [9.17, 15) is 29.1 Å². The first-order valence-corrected chi connectivity index (χ1v) is 18.3. The SMILES string of the molecule is CC(C)(O)c1cnnn1[C@H]1C[C@@H](C(=O)NC2(C(=O)C(N)=O)CCCOCC2)N(C(=O)C(CC2CCCCC2)NC(=O)c2ccc3ccccc3c2)C1. The molecule has 1 saturated carbocycles. The first kappa shape index (κ1) is 37.1. The molecule has 278 valence electrons. The number of rotatable bonds is 11. The highest BCUT2D eigenvalue weighted by atomic mass is 16.5. The second-order valence-corrected chi connectivity index (χ2v) is 15.1. The Morgan fingerprint density at radius 3 is 2.50 bits per heavy atom. The number of benzene rings is 2. The average molecular weight is 716 g/mol. The van der Waals surface area contributed by atoms with E-state index in [0.29, 0.717) is 30.7 Å². The molecule has 6 rings (SSSR count). The standard InChI is InChI=1S/C38H49N7O7/c1-37(2,51)31-22-40-43-45(31)28-21-30(35(49)42-38(32(46)33(39)47)15-8-17-52-18-16-38)44(23-28)36(50)29(19-24-9-4-3-5-10-24)41-34(48)27-14-13-25-11-6-7-12-26(25)20-27/h6-7,11-14,20,22,24,28-30,51H,3-5,8-10,15-19,21,23H2,1-2H3,(H2,39,47)(H,41,48)(H,42,49)/t28-,29?,30-,38?/m0/s1. The summed E-state index contributed by atoms with van der Waals surface area (Å²) < 4.78 is 7.08. The van der Waals surface area contributed by atoms with Crippen molar-refractivity contribution in [1.82, 2.24) is 30.5 Å². The van der Waals surface area contributed by atoms with Gasteiger partial charge in [-0.2, -0.15) is 0 Å². The van der Waals surface area contributed by atoms with E-state index in [1.54, 1.807) is 26.0 Å². The number of ketones is 1. The van der Waals surface area contributed by atoms with Gasteiger partial charge in [-0.25, -0.2) is 4.68 Å². The molecule has 2 aliphatic heterocycles. The predicted octanol–water partition coefficient (Wildman–Crippen LogP) is 2.68. The number of aromatic nitrogens is 3. The molecule has 2 unspecified atom stereocenters. The zero-order valence-corrected chi connectivity index (χ0v) is 29.9. The predicted molar refractivity (Wildman–Crippen MR) is 191 cm³/mol. The van der Waals surface area contributed by atoms with Gasteiger partial charge in [0, 0.05) is 38.2 Å². The van der Waals surface area contributed by atoms with Crippen LogP contribution in [-0.4, -0.2) is 91.8 Å². The number of Topliss-reactive ketones (excluding diaryl/α,β-unsaturated/α-hetero) is 1. The van der Waals surface area contributed by atoms with E-state index in [-0.39, 0.29) is 38.3 Å². The number of likely N-dealkylation sites (tertiary alicyclic amines) is 1. The van der Waals surface area contributed by atoms with Crippen LogP contribution in [0.15, 0.2) is 48.7 Å². The van der Waals surface area contributed by atoms with Crippen LogP contribution in [0.5, 0.6) is 0 Å². The normalized spacial score (nSPS) is 23.5. The largest absolute Gasteiger partial charge is 0.384 e. The number of amides is 4. The maximum absolute atomic E-state index is 14.9. The zero-order valence-electron chi connectivity index (χ0n) is 29.9. The molecular formula is C38H49N7O7. The fourth-order valence-corrected chi connectivity index (χ4v) is 8.10. The van der Waals surface area contributed by atoms with Gasteiger partial charge in [-0.1, -0.05) is 67.6 Å². The van der Waals surface area contributed by atoms with Crippen molar-refractivity contribution in [1.29, 1.82) is 0 Å². The summed E-state index contributed by atoms with van der Waals surface area (Å²) in [7, 11) is 0. The molecule has 14 heteroatoms. The molecule has 3 fully saturated rings. The van der Waals surface area contributed by atoms with Gasteiger partial charge in [0.05, 0.1) is 17.9 Å². The van der Waals surface area contributed by atoms with E-state index in [2.05, 4.69) is 20.9 Å². The van der Waals surface area contributed by atoms with Crippen molar-refractivity contribution in [3.05, 3.63) is 59.9 Å². The molecule has 2 saturated heterocycles. The fraction of sp³-hybridized carbons (Fsp3) is 0.553. The second kappa shape index (κ2) is 15.5. The Balaban J connectivity index is 1.34. The van der Waals surface area contributed by atoms with Crippen LogP contribution in [0.4, 0.5) is 0 Å². The number of fused-ring (bicyclic) bond motifs is 1. The maximum Gasteiger partial charge on any atom is 0.287 e. The summed E-state index contributed by atoms with van der Waals surface area (Å²) in [6.07, 6.45) is 7.56. The number of aliphatic hydroxyl groups is 1. The van der Waals surface area contributed by atoms with Crippen LogP contribution in [0.25, 0.3) is 10.8 Å². The molecule has 52 heavy (non-hydrogen) atoms. The third-order valence-electron chi connectivity index (χ3n) is 10.9. The quantitative estimate of drug-likeness (QED) is 0.216. The van der Waals surface area contributed by atoms with Crippen LogP contribution in [0.3, 0.4) is 0 Å². The Hall–Kier alpha value is -4.69. The number of carbonyl (C=O) groups excluding carboxylic acids is 5. The Kier molecular flexibility index (Phi) is 11.1. The van der Waals surface area contributed by atoms with E-state index in [4.69, 9.17) is 10.5 Å². The highest BCUT2D eigenvalue weighted by molar-refractivity contribution is 6.39. The molecule has 3 heterocycles. The van der Waals surface area contributed by atoms with Gasteiger partial charge in [0.1, 0.15) is 23.2 Å². The highest BCUT2D eigenvalue weighted by Crippen LogP contribution is 2.34. The number of carbonyl (C=O) groups is 5. The third-order valence-corrected chi connectivity index (χ3v) is 10.9. The molecule has 0 bridgehead atoms. The van der Waals surface area contributed by atoms with Crippen molar-refractivity contribution >= 4 is 40.2 Å². The van der Waals surface area contributed by atoms with Gasteiger partial charge >= 0.3 is 0 Å². The summed E-state index contributed by atoms with van der Waals surface area (Å²) >= 11 is 0. The first-order chi connectivity index (χ1) is 24.9. The molecule has 3 aliphatic rings. The van der Waals surface area contributed by atoms with Crippen LogP contribution in [0.1, 0.15) is 100 Å². The Labute approximate surface area is 302 Å². The Morgan fingerprint density at radius 2 is 1.77 bits per heavy atom. The van der Waals surface area contributed by atoms with Gasteiger partial charge < -0.3 is 31.1 Å². The van der Waals surface area contributed by atoms with Gasteiger partial charge in [-0.15, -0.1) is 5.10 Å². The lowest BCUT2D eigenvalue weighted by molar-refractivity contribution is -0.145. The fourth-order valence-electron chi connectivity index (χ4n) is 8.10. The van der Waals surface area contributed by atoms with Crippen molar-refractivity contribution in [3.8, 4) is 0 Å². The van der Waals surface area contributed by atoms with E-state index >= 15 is 0 Å². The first-order valence-electron chi connectivity index (χ1n) is 18.3. The molecule has 3 aromatic rings. The minimum Gasteiger partial charge on any atom is -0.384 e. The van der Waals surface area contributed by atoms with Gasteiger partial charge in [-0.3, -0.25) is 24.0 Å². The van der Waals surface area contributed by atoms with Crippen molar-refractivity contribution in [3.63, 3.8) is 0 Å². The van der Waals surface area contributed by atoms with Crippen LogP contribution in [0, 0.1) is 5.92 Å². The number of nitrogens with one attached hydrogen (secondary N) is 2. The van der Waals surface area contributed by atoms with E-state index in [1.807, 2.05) is 30.3 Å². The molecule has 5 N–H and O–H groups in total. The number of ether oxygens (including phenoxy) is 1. The molecule has 4 atom stereocenters. The number of hydrogen-bond donors (Lipinski definition) is 4. The number of nitrogens with zero attached hydrogens (tertiary/aromatic N) is 4. The Morgan fingerprint density at radius 1 is 1.02 bits per heavy atom.